The third-order valence-corrected chi connectivity index (χ3v) is 9.23. The molecule has 1 N–H and O–H groups in total. The van der Waals surface area contributed by atoms with Gasteiger partial charge in [-0.25, -0.2) is 18.4 Å². The number of nitrogens with one attached hydrogen (secondary N) is 1. The van der Waals surface area contributed by atoms with Gasteiger partial charge in [0, 0.05) is 36.5 Å². The van der Waals surface area contributed by atoms with E-state index in [-0.39, 0.29) is 10.7 Å². The van der Waals surface area contributed by atoms with Gasteiger partial charge in [0.25, 0.3) is 10.0 Å². The fourth-order valence-corrected chi connectivity index (χ4v) is 6.60. The van der Waals surface area contributed by atoms with Gasteiger partial charge in [-0.1, -0.05) is 68.2 Å². The number of sulfonamides is 1. The molecular weight excluding hydrogens is 572 g/mol. The maximum absolute atomic E-state index is 13.6. The zero-order valence-electron chi connectivity index (χ0n) is 26.3. The molecule has 230 valence electrons. The molecule has 0 saturated heterocycles. The maximum Gasteiger partial charge on any atom is 0.263 e. The molecule has 0 fully saturated rings. The molecule has 0 amide bonds. The van der Waals surface area contributed by atoms with E-state index in [1.807, 2.05) is 32.0 Å². The van der Waals surface area contributed by atoms with E-state index in [1.54, 1.807) is 32.2 Å². The van der Waals surface area contributed by atoms with E-state index in [0.29, 0.717) is 23.4 Å². The zero-order valence-corrected chi connectivity index (χ0v) is 27.1. The second kappa shape index (κ2) is 13.1. The van der Waals surface area contributed by atoms with Crippen LogP contribution in [0.25, 0.3) is 22.5 Å². The number of benzene rings is 2. The quantitative estimate of drug-likeness (QED) is 0.156. The van der Waals surface area contributed by atoms with Crippen molar-refractivity contribution in [1.29, 1.82) is 0 Å². The molecule has 3 aromatic heterocycles. The zero-order chi connectivity index (χ0) is 31.4. The van der Waals surface area contributed by atoms with Crippen molar-refractivity contribution < 1.29 is 12.9 Å². The van der Waals surface area contributed by atoms with Crippen LogP contribution >= 0.6 is 0 Å². The number of aryl methyl sites for hydroxylation is 5. The molecule has 5 rings (SSSR count). The fraction of sp³-hybridized carbons (Fsp3) is 0.353. The lowest BCUT2D eigenvalue weighted by Crippen LogP contribution is -2.15. The highest BCUT2D eigenvalue weighted by molar-refractivity contribution is 7.92. The topological polar surface area (TPSA) is 116 Å². The van der Waals surface area contributed by atoms with E-state index < -0.39 is 10.0 Å². The first kappa shape index (κ1) is 31.1. The van der Waals surface area contributed by atoms with Gasteiger partial charge in [-0.2, -0.15) is 0 Å². The van der Waals surface area contributed by atoms with Crippen LogP contribution in [0.4, 0.5) is 5.82 Å². The minimum Gasteiger partial charge on any atom is -0.359 e. The summed E-state index contributed by atoms with van der Waals surface area (Å²) >= 11 is 0. The Morgan fingerprint density at radius 3 is 2.45 bits per heavy atom. The average molecular weight is 613 g/mol. The highest BCUT2D eigenvalue weighted by Crippen LogP contribution is 2.33. The van der Waals surface area contributed by atoms with E-state index in [2.05, 4.69) is 51.6 Å². The van der Waals surface area contributed by atoms with Gasteiger partial charge in [-0.05, 0) is 63.3 Å². The molecule has 0 bridgehead atoms. The van der Waals surface area contributed by atoms with Gasteiger partial charge in [-0.15, -0.1) is 0 Å². The van der Waals surface area contributed by atoms with Gasteiger partial charge in [0.2, 0.25) is 0 Å². The largest absolute Gasteiger partial charge is 0.359 e. The van der Waals surface area contributed by atoms with Crippen LogP contribution in [0.3, 0.4) is 0 Å². The highest BCUT2D eigenvalue weighted by Gasteiger charge is 2.24. The van der Waals surface area contributed by atoms with E-state index in [4.69, 9.17) is 14.5 Å². The molecule has 0 unspecified atom stereocenters. The van der Waals surface area contributed by atoms with Gasteiger partial charge in [-0.3, -0.25) is 9.71 Å². The number of imidazole rings is 1. The Morgan fingerprint density at radius 2 is 1.73 bits per heavy atom. The molecule has 0 radical (unpaired) electrons. The molecule has 0 aliphatic rings. The van der Waals surface area contributed by atoms with Crippen LogP contribution < -0.4 is 4.72 Å². The van der Waals surface area contributed by atoms with Crippen molar-refractivity contribution in [2.75, 3.05) is 4.72 Å². The summed E-state index contributed by atoms with van der Waals surface area (Å²) in [6.45, 7) is 12.4. The number of nitrogens with zero attached hydrogens (tertiary/aromatic N) is 5. The molecule has 0 saturated carbocycles. The standard InChI is InChI=1S/C34H40N6O3S/c1-7-9-15-32-37-30(33-24(5)35-19-22(3)36-33)21-40(32)20-26-16-17-28(27(18-26)12-8-2)29-13-10-11-14-31(29)44(41,42)39-34-23(4)25(6)43-38-34/h10-11,13-14,16-19,21H,7-9,12,15,20H2,1-6H3,(H,38,39). The number of unbranched alkanes of at least 4 members (excludes halogenated alkanes) is 1. The van der Waals surface area contributed by atoms with Crippen LogP contribution in [0.15, 0.2) is 64.3 Å². The number of rotatable bonds is 12. The minimum atomic E-state index is -3.93. The molecule has 0 aliphatic carbocycles. The predicted octanol–water partition coefficient (Wildman–Crippen LogP) is 7.37. The molecule has 0 atom stereocenters. The van der Waals surface area contributed by atoms with Crippen LogP contribution in [-0.2, 0) is 29.4 Å². The molecule has 0 aliphatic heterocycles. The molecule has 3 heterocycles. The molecule has 9 nitrogen and oxygen atoms in total. The second-order valence-electron chi connectivity index (χ2n) is 11.3. The summed E-state index contributed by atoms with van der Waals surface area (Å²) in [5.41, 5.74) is 7.78. The van der Waals surface area contributed by atoms with Crippen molar-refractivity contribution >= 4 is 15.8 Å². The van der Waals surface area contributed by atoms with Crippen LogP contribution in [0.5, 0.6) is 0 Å². The lowest BCUT2D eigenvalue weighted by atomic mass is 9.94. The monoisotopic (exact) mass is 612 g/mol. The first-order valence-corrected chi connectivity index (χ1v) is 16.6. The van der Waals surface area contributed by atoms with E-state index in [1.165, 1.54) is 0 Å². The molecule has 44 heavy (non-hydrogen) atoms. The first-order chi connectivity index (χ1) is 21.1. The summed E-state index contributed by atoms with van der Waals surface area (Å²) in [7, 11) is -3.93. The Labute approximate surface area is 259 Å². The van der Waals surface area contributed by atoms with E-state index >= 15 is 0 Å². The third-order valence-electron chi connectivity index (χ3n) is 7.83. The summed E-state index contributed by atoms with van der Waals surface area (Å²) in [4.78, 5) is 14.4. The highest BCUT2D eigenvalue weighted by atomic mass is 32.2. The van der Waals surface area contributed by atoms with Crippen molar-refractivity contribution in [3.8, 4) is 22.5 Å². The van der Waals surface area contributed by atoms with Crippen LogP contribution in [-0.4, -0.2) is 33.1 Å². The SMILES string of the molecule is CCCCc1nc(-c2nc(C)cnc2C)cn1Cc1ccc(-c2ccccc2S(=O)(=O)Nc2noc(C)c2C)c(CCC)c1. The minimum absolute atomic E-state index is 0.195. The average Bonchev–Trinajstić information content (AvgIpc) is 3.55. The van der Waals surface area contributed by atoms with Crippen molar-refractivity contribution in [2.24, 2.45) is 0 Å². The van der Waals surface area contributed by atoms with Gasteiger partial charge in [0.1, 0.15) is 23.0 Å². The Bertz CT molecular complexity index is 1890. The second-order valence-corrected chi connectivity index (χ2v) is 12.9. The Balaban J connectivity index is 1.51. The van der Waals surface area contributed by atoms with Crippen molar-refractivity contribution in [2.45, 2.75) is 85.1 Å². The number of anilines is 1. The summed E-state index contributed by atoms with van der Waals surface area (Å²) in [5, 5.41) is 3.90. The molecule has 0 spiro atoms. The Kier molecular flexibility index (Phi) is 9.29. The van der Waals surface area contributed by atoms with Gasteiger partial charge in [0.05, 0.1) is 16.3 Å². The first-order valence-electron chi connectivity index (χ1n) is 15.1. The van der Waals surface area contributed by atoms with Crippen LogP contribution in [0, 0.1) is 27.7 Å². The third kappa shape index (κ3) is 6.60. The maximum atomic E-state index is 13.6. The number of hydrogen-bond donors (Lipinski definition) is 1. The summed E-state index contributed by atoms with van der Waals surface area (Å²) in [6.07, 6.45) is 8.58. The normalized spacial score (nSPS) is 11.7. The van der Waals surface area contributed by atoms with E-state index in [0.717, 1.165) is 77.4 Å². The lowest BCUT2D eigenvalue weighted by Gasteiger charge is -2.16. The Hall–Kier alpha value is -4.31. The fourth-order valence-electron chi connectivity index (χ4n) is 5.32. The van der Waals surface area contributed by atoms with Crippen molar-refractivity contribution in [3.05, 3.63) is 94.5 Å². The summed E-state index contributed by atoms with van der Waals surface area (Å²) in [5.74, 6) is 1.79. The van der Waals surface area contributed by atoms with Crippen molar-refractivity contribution in [1.82, 2.24) is 24.7 Å². The van der Waals surface area contributed by atoms with Gasteiger partial charge >= 0.3 is 0 Å². The van der Waals surface area contributed by atoms with E-state index in [9.17, 15) is 8.42 Å². The smallest absolute Gasteiger partial charge is 0.263 e. The lowest BCUT2D eigenvalue weighted by molar-refractivity contribution is 0.399. The molecule has 2 aromatic carbocycles. The predicted molar refractivity (Wildman–Crippen MR) is 173 cm³/mol. The molecule has 10 heteroatoms. The van der Waals surface area contributed by atoms with Crippen LogP contribution in [0.1, 0.15) is 72.8 Å². The van der Waals surface area contributed by atoms with Crippen LogP contribution in [0.2, 0.25) is 0 Å². The van der Waals surface area contributed by atoms with Gasteiger partial charge in [0.15, 0.2) is 5.82 Å². The molecular formula is C34H40N6O3S. The van der Waals surface area contributed by atoms with Crippen molar-refractivity contribution in [3.63, 3.8) is 0 Å². The van der Waals surface area contributed by atoms with Gasteiger partial charge < -0.3 is 9.09 Å². The Morgan fingerprint density at radius 1 is 0.932 bits per heavy atom. The molecule has 5 aromatic rings. The summed E-state index contributed by atoms with van der Waals surface area (Å²) in [6, 6.07) is 13.4. The summed E-state index contributed by atoms with van der Waals surface area (Å²) < 4.78 is 37.2. The number of hydrogen-bond acceptors (Lipinski definition) is 7. The number of aromatic nitrogens is 5.